The van der Waals surface area contributed by atoms with Gasteiger partial charge in [0.1, 0.15) is 5.76 Å². The number of aryl methyl sites for hydroxylation is 1. The fourth-order valence-corrected chi connectivity index (χ4v) is 4.72. The van der Waals surface area contributed by atoms with Crippen LogP contribution < -0.4 is 5.32 Å². The van der Waals surface area contributed by atoms with Crippen molar-refractivity contribution in [1.29, 1.82) is 0 Å². The van der Waals surface area contributed by atoms with Gasteiger partial charge < -0.3 is 24.2 Å². The van der Waals surface area contributed by atoms with Crippen LogP contribution in [0.15, 0.2) is 34.9 Å². The molecule has 8 nitrogen and oxygen atoms in total. The summed E-state index contributed by atoms with van der Waals surface area (Å²) < 4.78 is 16.6. The number of carbonyl (C=O) groups excluding carboxylic acids is 2. The van der Waals surface area contributed by atoms with Crippen LogP contribution in [0.3, 0.4) is 0 Å². The molecule has 1 N–H and O–H groups in total. The van der Waals surface area contributed by atoms with E-state index in [1.807, 2.05) is 35.2 Å². The van der Waals surface area contributed by atoms with Crippen LogP contribution in [0.25, 0.3) is 0 Å². The van der Waals surface area contributed by atoms with Crippen LogP contribution in [0.5, 0.6) is 0 Å². The van der Waals surface area contributed by atoms with Gasteiger partial charge in [-0.15, -0.1) is 0 Å². The molecule has 1 aromatic carbocycles. The van der Waals surface area contributed by atoms with E-state index in [9.17, 15) is 9.59 Å². The van der Waals surface area contributed by atoms with Crippen molar-refractivity contribution in [1.82, 2.24) is 15.4 Å². The zero-order valence-electron chi connectivity index (χ0n) is 18.8. The third-order valence-electron chi connectivity index (χ3n) is 6.62. The van der Waals surface area contributed by atoms with E-state index in [1.165, 1.54) is 0 Å². The molecular formula is C24H31N3O5. The van der Waals surface area contributed by atoms with E-state index in [0.29, 0.717) is 61.3 Å². The number of ether oxygens (including phenoxy) is 2. The SMILES string of the molecule is COCc1c(C(=O)N2CCC3(CC2)CC(CNC(=O)c2ccccc2)CCO3)noc1C. The van der Waals surface area contributed by atoms with Crippen molar-refractivity contribution in [3.8, 4) is 0 Å². The Morgan fingerprint density at radius 2 is 2.00 bits per heavy atom. The fourth-order valence-electron chi connectivity index (χ4n) is 4.72. The zero-order valence-corrected chi connectivity index (χ0v) is 18.8. The smallest absolute Gasteiger partial charge is 0.276 e. The lowest BCUT2D eigenvalue weighted by Gasteiger charge is -2.46. The Bertz CT molecular complexity index is 934. The quantitative estimate of drug-likeness (QED) is 0.741. The van der Waals surface area contributed by atoms with Crippen molar-refractivity contribution in [2.24, 2.45) is 5.92 Å². The highest BCUT2D eigenvalue weighted by atomic mass is 16.5. The molecule has 0 aliphatic carbocycles. The molecule has 2 amide bonds. The van der Waals surface area contributed by atoms with Gasteiger partial charge in [0.25, 0.3) is 11.8 Å². The van der Waals surface area contributed by atoms with Gasteiger partial charge in [0, 0.05) is 38.9 Å². The average molecular weight is 442 g/mol. The van der Waals surface area contributed by atoms with Gasteiger partial charge in [-0.3, -0.25) is 9.59 Å². The number of aromatic nitrogens is 1. The monoisotopic (exact) mass is 441 g/mol. The zero-order chi connectivity index (χ0) is 22.6. The molecule has 1 aromatic heterocycles. The maximum Gasteiger partial charge on any atom is 0.276 e. The Hall–Kier alpha value is -2.71. The minimum atomic E-state index is -0.230. The number of carbonyl (C=O) groups is 2. The van der Waals surface area contributed by atoms with Gasteiger partial charge >= 0.3 is 0 Å². The van der Waals surface area contributed by atoms with Crippen LogP contribution in [-0.2, 0) is 16.1 Å². The van der Waals surface area contributed by atoms with Crippen molar-refractivity contribution in [2.45, 2.75) is 44.8 Å². The molecule has 0 radical (unpaired) electrons. The Morgan fingerprint density at radius 3 is 2.72 bits per heavy atom. The molecule has 32 heavy (non-hydrogen) atoms. The first-order chi connectivity index (χ1) is 15.5. The number of amides is 2. The molecule has 2 aliphatic rings. The number of nitrogens with one attached hydrogen (secondary N) is 1. The van der Waals surface area contributed by atoms with Gasteiger partial charge in [0.2, 0.25) is 0 Å². The number of rotatable bonds is 6. The number of methoxy groups -OCH3 is 1. The molecule has 172 valence electrons. The van der Waals surface area contributed by atoms with Crippen LogP contribution in [0.2, 0.25) is 0 Å². The maximum atomic E-state index is 13.0. The standard InChI is InChI=1S/C24H31N3O5/c1-17-20(16-30-2)21(26-32-17)23(29)27-11-9-24(10-12-27)14-18(8-13-31-24)15-25-22(28)19-6-4-3-5-7-19/h3-7,18H,8-16H2,1-2H3,(H,25,28). The molecule has 4 rings (SSSR count). The lowest BCUT2D eigenvalue weighted by atomic mass is 9.79. The minimum absolute atomic E-state index is 0.0404. The van der Waals surface area contributed by atoms with Crippen molar-refractivity contribution in [3.05, 3.63) is 52.9 Å². The topological polar surface area (TPSA) is 93.9 Å². The lowest BCUT2D eigenvalue weighted by Crippen LogP contribution is -2.52. The van der Waals surface area contributed by atoms with Crippen LogP contribution in [0, 0.1) is 12.8 Å². The van der Waals surface area contributed by atoms with Gasteiger partial charge in [-0.25, -0.2) is 0 Å². The normalized spacial score (nSPS) is 20.3. The maximum absolute atomic E-state index is 13.0. The molecule has 1 unspecified atom stereocenters. The Morgan fingerprint density at radius 1 is 1.25 bits per heavy atom. The van der Waals surface area contributed by atoms with Crippen molar-refractivity contribution in [2.75, 3.05) is 33.4 Å². The van der Waals surface area contributed by atoms with E-state index in [-0.39, 0.29) is 17.4 Å². The summed E-state index contributed by atoms with van der Waals surface area (Å²) in [5.74, 6) is 0.817. The number of hydrogen-bond acceptors (Lipinski definition) is 6. The average Bonchev–Trinajstić information content (AvgIpc) is 3.18. The second kappa shape index (κ2) is 9.83. The molecule has 8 heteroatoms. The summed E-state index contributed by atoms with van der Waals surface area (Å²) in [5.41, 5.74) is 1.50. The molecule has 2 saturated heterocycles. The number of piperidine rings is 1. The molecule has 2 aromatic rings. The first kappa shape index (κ1) is 22.5. The summed E-state index contributed by atoms with van der Waals surface area (Å²) in [4.78, 5) is 27.2. The van der Waals surface area contributed by atoms with Crippen LogP contribution in [0.1, 0.15) is 57.9 Å². The Balaban J connectivity index is 1.31. The van der Waals surface area contributed by atoms with E-state index in [0.717, 1.165) is 25.7 Å². The van der Waals surface area contributed by atoms with E-state index < -0.39 is 0 Å². The summed E-state index contributed by atoms with van der Waals surface area (Å²) in [6, 6.07) is 9.28. The van der Waals surface area contributed by atoms with Crippen LogP contribution >= 0.6 is 0 Å². The van der Waals surface area contributed by atoms with E-state index in [4.69, 9.17) is 14.0 Å². The lowest BCUT2D eigenvalue weighted by molar-refractivity contribution is -0.122. The van der Waals surface area contributed by atoms with Crippen molar-refractivity contribution in [3.63, 3.8) is 0 Å². The molecule has 1 spiro atoms. The van der Waals surface area contributed by atoms with Gasteiger partial charge in [0.05, 0.1) is 17.8 Å². The summed E-state index contributed by atoms with van der Waals surface area (Å²) in [7, 11) is 1.59. The van der Waals surface area contributed by atoms with Crippen molar-refractivity contribution >= 4 is 11.8 Å². The number of benzene rings is 1. The molecule has 2 aliphatic heterocycles. The van der Waals surface area contributed by atoms with Crippen molar-refractivity contribution < 1.29 is 23.6 Å². The van der Waals surface area contributed by atoms with Gasteiger partial charge in [-0.05, 0) is 50.7 Å². The van der Waals surface area contributed by atoms with Crippen LogP contribution in [-0.4, -0.2) is 60.8 Å². The van der Waals surface area contributed by atoms with E-state index in [2.05, 4.69) is 10.5 Å². The second-order valence-corrected chi connectivity index (χ2v) is 8.76. The predicted molar refractivity (Wildman–Crippen MR) is 117 cm³/mol. The summed E-state index contributed by atoms with van der Waals surface area (Å²) in [5, 5.41) is 7.04. The Kier molecular flexibility index (Phi) is 6.91. The highest BCUT2D eigenvalue weighted by Crippen LogP contribution is 2.38. The number of hydrogen-bond donors (Lipinski definition) is 1. The molecule has 0 saturated carbocycles. The highest BCUT2D eigenvalue weighted by Gasteiger charge is 2.41. The molecule has 2 fully saturated rings. The van der Waals surface area contributed by atoms with Crippen LogP contribution in [0.4, 0.5) is 0 Å². The largest absolute Gasteiger partial charge is 0.380 e. The summed E-state index contributed by atoms with van der Waals surface area (Å²) in [6.45, 7) is 4.63. The highest BCUT2D eigenvalue weighted by molar-refractivity contribution is 5.94. The molecule has 0 bridgehead atoms. The van der Waals surface area contributed by atoms with Gasteiger partial charge in [0.15, 0.2) is 5.69 Å². The minimum Gasteiger partial charge on any atom is -0.380 e. The third kappa shape index (κ3) is 4.86. The summed E-state index contributed by atoms with van der Waals surface area (Å²) in [6.07, 6.45) is 3.37. The second-order valence-electron chi connectivity index (χ2n) is 8.76. The molecule has 3 heterocycles. The van der Waals surface area contributed by atoms with E-state index in [1.54, 1.807) is 14.0 Å². The van der Waals surface area contributed by atoms with E-state index >= 15 is 0 Å². The summed E-state index contributed by atoms with van der Waals surface area (Å²) >= 11 is 0. The molecule has 1 atom stereocenters. The third-order valence-corrected chi connectivity index (χ3v) is 6.62. The van der Waals surface area contributed by atoms with Gasteiger partial charge in [-0.2, -0.15) is 0 Å². The fraction of sp³-hybridized carbons (Fsp3) is 0.542. The first-order valence-electron chi connectivity index (χ1n) is 11.2. The Labute approximate surface area is 188 Å². The number of likely N-dealkylation sites (tertiary alicyclic amines) is 1. The predicted octanol–water partition coefficient (Wildman–Crippen LogP) is 2.96. The number of nitrogens with zero attached hydrogens (tertiary/aromatic N) is 2. The first-order valence-corrected chi connectivity index (χ1v) is 11.2. The van der Waals surface area contributed by atoms with Gasteiger partial charge in [-0.1, -0.05) is 23.4 Å². The molecular weight excluding hydrogens is 410 g/mol.